The lowest BCUT2D eigenvalue weighted by atomic mass is 10.2. The van der Waals surface area contributed by atoms with Crippen molar-refractivity contribution in [3.8, 4) is 0 Å². The van der Waals surface area contributed by atoms with Crippen molar-refractivity contribution in [1.29, 1.82) is 0 Å². The van der Waals surface area contributed by atoms with Crippen LogP contribution >= 0.6 is 0 Å². The monoisotopic (exact) mass is 320 g/mol. The molecule has 0 aliphatic carbocycles. The number of amides is 2. The fourth-order valence-corrected chi connectivity index (χ4v) is 2.23. The zero-order valence-electron chi connectivity index (χ0n) is 13.9. The summed E-state index contributed by atoms with van der Waals surface area (Å²) in [5.41, 5.74) is 0. The Labute approximate surface area is 132 Å². The van der Waals surface area contributed by atoms with Crippen LogP contribution in [-0.2, 0) is 14.4 Å². The first-order valence-electron chi connectivity index (χ1n) is 7.79. The average Bonchev–Trinajstić information content (AvgIpc) is 2.47. The zero-order valence-corrected chi connectivity index (χ0v) is 13.9. The third-order valence-corrected chi connectivity index (χ3v) is 3.85. The number of nitrogens with one attached hydrogen (secondary N) is 1. The molecule has 22 heavy (non-hydrogen) atoms. The molecule has 0 unspecified atom stereocenters. The molecule has 0 spiro atoms. The van der Waals surface area contributed by atoms with Gasteiger partial charge in [0.15, 0.2) is 0 Å². The van der Waals surface area contributed by atoms with Gasteiger partial charge in [-0.3, -0.25) is 14.5 Å². The molecule has 1 aliphatic rings. The van der Waals surface area contributed by atoms with E-state index in [1.165, 1.54) is 6.92 Å². The van der Waals surface area contributed by atoms with Crippen LogP contribution in [0.1, 0.15) is 19.8 Å². The lowest BCUT2D eigenvalue weighted by Gasteiger charge is -2.31. The number of carbonyl (C=O) groups excluding carboxylic acids is 3. The molecule has 0 aromatic carbocycles. The summed E-state index contributed by atoms with van der Waals surface area (Å²) in [4.78, 5) is 40.3. The van der Waals surface area contributed by atoms with Crippen LogP contribution in [0, 0.1) is 0 Å². The molecule has 0 radical (unpaired) electrons. The molecule has 0 atom stereocenters. The van der Waals surface area contributed by atoms with Crippen molar-refractivity contribution < 1.29 is 14.4 Å². The van der Waals surface area contributed by atoms with E-state index in [1.807, 2.05) is 0 Å². The van der Waals surface area contributed by atoms with Gasteiger partial charge in [0.2, 0.25) is 11.8 Å². The van der Waals surface area contributed by atoms with Gasteiger partial charge in [0, 0.05) is 59.2 Å². The first kappa shape index (κ1) is 18.6. The summed E-state index contributed by atoms with van der Waals surface area (Å²) in [5, 5.41) is 2.84. The first-order valence-corrected chi connectivity index (χ1v) is 7.79. The van der Waals surface area contributed by atoms with Gasteiger partial charge >= 0.3 is 0 Å². The maximum Gasteiger partial charge on any atom is 0.234 e. The Bertz CT molecular complexity index is 392. The van der Waals surface area contributed by atoms with E-state index in [2.05, 4.69) is 22.2 Å². The molecule has 1 rings (SSSR count). The van der Waals surface area contributed by atoms with Crippen molar-refractivity contribution in [1.82, 2.24) is 20.0 Å². The molecule has 7 nitrogen and oxygen atoms in total. The fraction of sp³-hybridized carbons (Fsp3) is 0.800. The minimum Gasteiger partial charge on any atom is -0.353 e. The number of carbonyl (C=O) groups is 3. The number of hydrogen-bond donors (Lipinski definition) is 1. The third-order valence-electron chi connectivity index (χ3n) is 3.85. The number of likely N-dealkylation sites (N-methyl/N-ethyl adjacent to an activating group) is 2. The molecule has 1 heterocycles. The number of Topliss-reactive ketones (excluding diaryl/α,β-unsaturated/α-hetero) is 1. The van der Waals surface area contributed by atoms with E-state index in [1.54, 1.807) is 11.9 Å². The Morgan fingerprint density at radius 1 is 1.09 bits per heavy atom. The molecular weight excluding hydrogens is 292 g/mol. The van der Waals surface area contributed by atoms with Gasteiger partial charge in [0.05, 0.1) is 6.54 Å². The van der Waals surface area contributed by atoms with Crippen molar-refractivity contribution in [3.63, 3.8) is 0 Å². The summed E-state index contributed by atoms with van der Waals surface area (Å²) in [6.45, 7) is 6.59. The highest BCUT2D eigenvalue weighted by molar-refractivity contribution is 5.83. The van der Waals surface area contributed by atoms with Crippen LogP contribution in [0.2, 0.25) is 0 Å². The highest BCUT2D eigenvalue weighted by Gasteiger charge is 2.16. The van der Waals surface area contributed by atoms with Gasteiger partial charge in [-0.15, -0.1) is 0 Å². The van der Waals surface area contributed by atoms with Crippen LogP contribution < -0.4 is 5.32 Å². The van der Waals surface area contributed by atoms with E-state index in [0.717, 1.165) is 26.2 Å². The van der Waals surface area contributed by atoms with Gasteiger partial charge in [-0.2, -0.15) is 0 Å². The molecule has 1 N–H and O–H groups in total. The van der Waals surface area contributed by atoms with Gasteiger partial charge < -0.3 is 19.9 Å². The second-order valence-corrected chi connectivity index (χ2v) is 5.95. The van der Waals surface area contributed by atoms with Crippen molar-refractivity contribution in [2.24, 2.45) is 0 Å². The molecule has 7 heteroatoms. The van der Waals surface area contributed by atoms with Crippen LogP contribution in [0.25, 0.3) is 0 Å². The highest BCUT2D eigenvalue weighted by Crippen LogP contribution is 1.98. The van der Waals surface area contributed by atoms with Crippen LogP contribution in [0.4, 0.5) is 0 Å². The summed E-state index contributed by atoms with van der Waals surface area (Å²) in [5.74, 6) is -0.0557. The van der Waals surface area contributed by atoms with E-state index in [9.17, 15) is 14.4 Å². The lowest BCUT2D eigenvalue weighted by Crippen LogP contribution is -2.48. The maximum absolute atomic E-state index is 11.8. The Morgan fingerprint density at radius 2 is 1.73 bits per heavy atom. The van der Waals surface area contributed by atoms with Gasteiger partial charge in [0.25, 0.3) is 0 Å². The molecule has 0 aromatic rings. The van der Waals surface area contributed by atoms with E-state index < -0.39 is 0 Å². The third kappa shape index (κ3) is 7.51. The molecule has 1 saturated heterocycles. The van der Waals surface area contributed by atoms with E-state index in [4.69, 9.17) is 0 Å². The van der Waals surface area contributed by atoms with Crippen molar-refractivity contribution >= 4 is 17.6 Å². The van der Waals surface area contributed by atoms with E-state index in [-0.39, 0.29) is 30.4 Å². The molecular formula is C15H28N4O3. The summed E-state index contributed by atoms with van der Waals surface area (Å²) < 4.78 is 0. The molecule has 2 amide bonds. The quantitative estimate of drug-likeness (QED) is 0.467. The largest absolute Gasteiger partial charge is 0.353 e. The van der Waals surface area contributed by atoms with Crippen molar-refractivity contribution in [3.05, 3.63) is 0 Å². The summed E-state index contributed by atoms with van der Waals surface area (Å²) >= 11 is 0. The fourth-order valence-electron chi connectivity index (χ4n) is 2.23. The van der Waals surface area contributed by atoms with E-state index >= 15 is 0 Å². The topological polar surface area (TPSA) is 73.0 Å². The van der Waals surface area contributed by atoms with Gasteiger partial charge in [0.1, 0.15) is 5.78 Å². The average molecular weight is 320 g/mol. The molecule has 1 aliphatic heterocycles. The van der Waals surface area contributed by atoms with E-state index in [0.29, 0.717) is 19.6 Å². The van der Waals surface area contributed by atoms with Crippen LogP contribution in [0.5, 0.6) is 0 Å². The van der Waals surface area contributed by atoms with Gasteiger partial charge in [-0.25, -0.2) is 0 Å². The van der Waals surface area contributed by atoms with Crippen molar-refractivity contribution in [2.45, 2.75) is 19.8 Å². The Balaban J connectivity index is 2.13. The summed E-state index contributed by atoms with van der Waals surface area (Å²) in [7, 11) is 3.77. The predicted octanol–water partition coefficient (Wildman–Crippen LogP) is -0.822. The SMILES string of the molecule is CC(=O)CCC(=O)N(C)CCNC(=O)[13CH2][15N]1[13CH2][13CH2][15N]([13CH3])[13CH2][13CH2]1. The van der Waals surface area contributed by atoms with Gasteiger partial charge in [-0.05, 0) is 14.0 Å². The number of rotatable bonds is 8. The van der Waals surface area contributed by atoms with Crippen molar-refractivity contribution in [2.75, 3.05) is 59.9 Å². The molecule has 0 aromatic heterocycles. The zero-order chi connectivity index (χ0) is 16.5. The number of hydrogen-bond acceptors (Lipinski definition) is 5. The second kappa shape index (κ2) is 9.53. The Hall–Kier alpha value is -1.47. The Kier molecular flexibility index (Phi) is 8.05. The minimum atomic E-state index is -0.0662. The molecule has 126 valence electrons. The van der Waals surface area contributed by atoms with Crippen LogP contribution in [0.3, 0.4) is 0 Å². The first-order chi connectivity index (χ1) is 10.4. The van der Waals surface area contributed by atoms with Gasteiger partial charge in [-0.1, -0.05) is 0 Å². The maximum atomic E-state index is 11.8. The Morgan fingerprint density at radius 3 is 2.32 bits per heavy atom. The predicted molar refractivity (Wildman–Crippen MR) is 84.5 cm³/mol. The molecule has 1 fully saturated rings. The minimum absolute atomic E-state index is 0.00543. The number of nitrogens with zero attached hydrogens (tertiary/aromatic N) is 3. The summed E-state index contributed by atoms with van der Waals surface area (Å²) in [6, 6.07) is 0. The highest BCUT2D eigenvalue weighted by atomic mass is 16.2. The standard InChI is InChI=1S/C15H28N4O3/c1-13(20)4-5-15(22)18(3)7-6-16-14(21)12-19-10-8-17(2)9-11-19/h4-12H2,1-3H3,(H,16,21)/i2+1,8+1,9+1,10+1,11+1,12+1,17+1,19+1. The second-order valence-electron chi connectivity index (χ2n) is 5.95. The van der Waals surface area contributed by atoms with Crippen LogP contribution in [-0.4, -0.2) is 92.2 Å². The summed E-state index contributed by atoms with van der Waals surface area (Å²) in [6.07, 6.45) is 0.514. The van der Waals surface area contributed by atoms with Crippen LogP contribution in [0.15, 0.2) is 0 Å². The normalized spacial score (nSPS) is 16.3. The number of ketones is 1. The molecule has 0 saturated carbocycles. The smallest absolute Gasteiger partial charge is 0.234 e. The lowest BCUT2D eigenvalue weighted by molar-refractivity contribution is -0.132. The number of piperazine rings is 1. The molecule has 0 bridgehead atoms.